The Bertz CT molecular complexity index is 1030. The standard InChI is InChI=1S/C23H26N6O/c1-2-24-23(25-15-17-14-22(30)27-21-11-7-6-10-20(17)21)26-16-18-12-13-29(28-18)19-8-4-3-5-9-19/h3-13,17H,2,14-16H2,1H3,(H,27,30)(H2,24,25,26). The second-order valence-corrected chi connectivity index (χ2v) is 7.20. The fourth-order valence-electron chi connectivity index (χ4n) is 3.58. The van der Waals surface area contributed by atoms with E-state index in [-0.39, 0.29) is 11.8 Å². The molecule has 1 amide bonds. The maximum atomic E-state index is 12.0. The first-order valence-electron chi connectivity index (χ1n) is 10.2. The minimum atomic E-state index is 0.0499. The first-order valence-corrected chi connectivity index (χ1v) is 10.2. The number of hydrogen-bond acceptors (Lipinski definition) is 3. The minimum Gasteiger partial charge on any atom is -0.357 e. The lowest BCUT2D eigenvalue weighted by atomic mass is 9.90. The number of anilines is 1. The molecule has 2 aromatic carbocycles. The molecule has 0 saturated heterocycles. The van der Waals surface area contributed by atoms with Gasteiger partial charge in [-0.05, 0) is 36.8 Å². The highest BCUT2D eigenvalue weighted by Crippen LogP contribution is 2.31. The molecule has 154 valence electrons. The number of hydrogen-bond donors (Lipinski definition) is 3. The summed E-state index contributed by atoms with van der Waals surface area (Å²) in [4.78, 5) is 16.7. The third kappa shape index (κ3) is 4.68. The van der Waals surface area contributed by atoms with Crippen LogP contribution in [0.2, 0.25) is 0 Å². The van der Waals surface area contributed by atoms with Gasteiger partial charge in [-0.15, -0.1) is 0 Å². The van der Waals surface area contributed by atoms with Gasteiger partial charge in [-0.3, -0.25) is 4.79 Å². The molecule has 0 fully saturated rings. The van der Waals surface area contributed by atoms with Gasteiger partial charge in [0.25, 0.3) is 0 Å². The normalized spacial score (nSPS) is 16.0. The van der Waals surface area contributed by atoms with Gasteiger partial charge in [0.2, 0.25) is 5.91 Å². The van der Waals surface area contributed by atoms with Crippen LogP contribution in [0.1, 0.15) is 30.5 Å². The number of benzene rings is 2. The molecule has 7 nitrogen and oxygen atoms in total. The number of guanidine groups is 1. The van der Waals surface area contributed by atoms with E-state index in [1.165, 1.54) is 0 Å². The summed E-state index contributed by atoms with van der Waals surface area (Å²) in [5.74, 6) is 0.875. The second kappa shape index (κ2) is 9.26. The van der Waals surface area contributed by atoms with Gasteiger partial charge in [-0.2, -0.15) is 5.10 Å². The zero-order valence-electron chi connectivity index (χ0n) is 17.0. The van der Waals surface area contributed by atoms with E-state index in [2.05, 4.69) is 32.1 Å². The molecule has 1 atom stereocenters. The van der Waals surface area contributed by atoms with Crippen molar-refractivity contribution in [3.63, 3.8) is 0 Å². The zero-order chi connectivity index (χ0) is 20.8. The molecule has 3 aromatic rings. The van der Waals surface area contributed by atoms with E-state index < -0.39 is 0 Å². The number of aromatic nitrogens is 2. The van der Waals surface area contributed by atoms with Crippen LogP contribution in [0.25, 0.3) is 5.69 Å². The monoisotopic (exact) mass is 402 g/mol. The Hall–Kier alpha value is -3.61. The first kappa shape index (κ1) is 19.7. The van der Waals surface area contributed by atoms with E-state index in [1.54, 1.807) is 0 Å². The summed E-state index contributed by atoms with van der Waals surface area (Å²) in [6.45, 7) is 3.89. The van der Waals surface area contributed by atoms with E-state index in [0.29, 0.717) is 19.5 Å². The fourth-order valence-corrected chi connectivity index (χ4v) is 3.58. The maximum Gasteiger partial charge on any atom is 0.225 e. The minimum absolute atomic E-state index is 0.0499. The summed E-state index contributed by atoms with van der Waals surface area (Å²) >= 11 is 0. The van der Waals surface area contributed by atoms with E-state index >= 15 is 0 Å². The van der Waals surface area contributed by atoms with Gasteiger partial charge in [0.15, 0.2) is 5.96 Å². The summed E-state index contributed by atoms with van der Waals surface area (Å²) in [6, 6.07) is 19.9. The van der Waals surface area contributed by atoms with Crippen LogP contribution in [0.3, 0.4) is 0 Å². The van der Waals surface area contributed by atoms with Crippen LogP contribution in [0.5, 0.6) is 0 Å². The Morgan fingerprint density at radius 3 is 2.77 bits per heavy atom. The molecule has 0 bridgehead atoms. The molecule has 0 aliphatic carbocycles. The van der Waals surface area contributed by atoms with Gasteiger partial charge >= 0.3 is 0 Å². The number of nitrogens with one attached hydrogen (secondary N) is 3. The smallest absolute Gasteiger partial charge is 0.225 e. The van der Waals surface area contributed by atoms with Crippen LogP contribution >= 0.6 is 0 Å². The number of fused-ring (bicyclic) bond motifs is 1. The molecule has 1 aliphatic heterocycles. The Labute approximate surface area is 176 Å². The van der Waals surface area contributed by atoms with Gasteiger partial charge in [0, 0.05) is 37.3 Å². The van der Waals surface area contributed by atoms with Crippen molar-refractivity contribution < 1.29 is 4.79 Å². The van der Waals surface area contributed by atoms with E-state index in [1.807, 2.05) is 72.4 Å². The van der Waals surface area contributed by atoms with Crippen LogP contribution in [0.4, 0.5) is 5.69 Å². The lowest BCUT2D eigenvalue weighted by molar-refractivity contribution is -0.116. The van der Waals surface area contributed by atoms with Crippen molar-refractivity contribution >= 4 is 17.6 Å². The Morgan fingerprint density at radius 1 is 1.13 bits per heavy atom. The summed E-state index contributed by atoms with van der Waals surface area (Å²) in [5.41, 5.74) is 3.96. The maximum absolute atomic E-state index is 12.0. The van der Waals surface area contributed by atoms with Crippen molar-refractivity contribution in [3.8, 4) is 5.69 Å². The van der Waals surface area contributed by atoms with Crippen molar-refractivity contribution in [2.75, 3.05) is 18.4 Å². The molecule has 0 spiro atoms. The van der Waals surface area contributed by atoms with E-state index in [9.17, 15) is 4.79 Å². The predicted molar refractivity (Wildman–Crippen MR) is 119 cm³/mol. The largest absolute Gasteiger partial charge is 0.357 e. The van der Waals surface area contributed by atoms with Crippen molar-refractivity contribution in [2.24, 2.45) is 4.99 Å². The molecular weight excluding hydrogens is 376 g/mol. The Kier molecular flexibility index (Phi) is 6.08. The topological polar surface area (TPSA) is 83.3 Å². The highest BCUT2D eigenvalue weighted by atomic mass is 16.1. The van der Waals surface area contributed by atoms with Crippen molar-refractivity contribution in [3.05, 3.63) is 78.1 Å². The predicted octanol–water partition coefficient (Wildman–Crippen LogP) is 3.05. The third-order valence-corrected chi connectivity index (χ3v) is 5.03. The van der Waals surface area contributed by atoms with Crippen LogP contribution in [-0.2, 0) is 11.3 Å². The molecule has 1 aromatic heterocycles. The molecule has 1 aliphatic rings. The van der Waals surface area contributed by atoms with Crippen LogP contribution < -0.4 is 16.0 Å². The number of rotatable bonds is 6. The van der Waals surface area contributed by atoms with Crippen molar-refractivity contribution in [2.45, 2.75) is 25.8 Å². The quantitative estimate of drug-likeness (QED) is 0.437. The molecule has 7 heteroatoms. The zero-order valence-corrected chi connectivity index (χ0v) is 17.0. The molecule has 30 heavy (non-hydrogen) atoms. The molecule has 2 heterocycles. The average molecular weight is 403 g/mol. The lowest BCUT2D eigenvalue weighted by Gasteiger charge is -2.26. The molecule has 0 saturated carbocycles. The van der Waals surface area contributed by atoms with Crippen LogP contribution in [0, 0.1) is 0 Å². The Balaban J connectivity index is 1.41. The highest BCUT2D eigenvalue weighted by Gasteiger charge is 2.24. The van der Waals surface area contributed by atoms with Gasteiger partial charge in [0.1, 0.15) is 0 Å². The summed E-state index contributed by atoms with van der Waals surface area (Å²) in [7, 11) is 0. The van der Waals surface area contributed by atoms with Crippen LogP contribution in [-0.4, -0.2) is 34.7 Å². The molecule has 1 unspecified atom stereocenters. The van der Waals surface area contributed by atoms with Gasteiger partial charge in [0.05, 0.1) is 17.9 Å². The van der Waals surface area contributed by atoms with Crippen LogP contribution in [0.15, 0.2) is 71.9 Å². The number of para-hydroxylation sites is 2. The van der Waals surface area contributed by atoms with Crippen molar-refractivity contribution in [1.29, 1.82) is 0 Å². The van der Waals surface area contributed by atoms with E-state index in [0.717, 1.165) is 35.1 Å². The lowest BCUT2D eigenvalue weighted by Crippen LogP contribution is -2.40. The third-order valence-electron chi connectivity index (χ3n) is 5.03. The van der Waals surface area contributed by atoms with Gasteiger partial charge < -0.3 is 16.0 Å². The summed E-state index contributed by atoms with van der Waals surface area (Å²) in [6.07, 6.45) is 2.41. The number of aliphatic imine (C=N–C) groups is 1. The molecule has 4 rings (SSSR count). The molecule has 0 radical (unpaired) electrons. The fraction of sp³-hybridized carbons (Fsp3) is 0.261. The number of carbonyl (C=O) groups excluding carboxylic acids is 1. The average Bonchev–Trinajstić information content (AvgIpc) is 3.25. The van der Waals surface area contributed by atoms with E-state index in [4.69, 9.17) is 0 Å². The van der Waals surface area contributed by atoms with Crippen molar-refractivity contribution in [1.82, 2.24) is 20.4 Å². The second-order valence-electron chi connectivity index (χ2n) is 7.20. The molecule has 3 N–H and O–H groups in total. The number of amides is 1. The Morgan fingerprint density at radius 2 is 1.93 bits per heavy atom. The van der Waals surface area contributed by atoms with Gasteiger partial charge in [-0.25, -0.2) is 9.67 Å². The first-order chi connectivity index (χ1) is 14.7. The molecular formula is C23H26N6O. The number of carbonyl (C=O) groups is 1. The van der Waals surface area contributed by atoms with Gasteiger partial charge in [-0.1, -0.05) is 36.4 Å². The SMILES string of the molecule is CCNC(=NCc1ccn(-c2ccccc2)n1)NCC1CC(=O)Nc2ccccc21. The summed E-state index contributed by atoms with van der Waals surface area (Å²) in [5, 5.41) is 14.2. The highest BCUT2D eigenvalue weighted by molar-refractivity contribution is 5.94. The number of nitrogens with zero attached hydrogens (tertiary/aromatic N) is 3. The summed E-state index contributed by atoms with van der Waals surface area (Å²) < 4.78 is 1.85.